The van der Waals surface area contributed by atoms with Gasteiger partial charge in [0.05, 0.1) is 17.1 Å². The molecule has 0 aromatic carbocycles. The van der Waals surface area contributed by atoms with E-state index < -0.39 is 0 Å². The second-order valence-electron chi connectivity index (χ2n) is 6.90. The molecule has 1 spiro atoms. The Morgan fingerprint density at radius 1 is 1.23 bits per heavy atom. The molecule has 0 N–H and O–H groups in total. The smallest absolute Gasteiger partial charge is 0.308 e. The fourth-order valence-electron chi connectivity index (χ4n) is 4.94. The third kappa shape index (κ3) is 2.13. The first-order valence-electron chi connectivity index (χ1n) is 7.88. The van der Waals surface area contributed by atoms with Crippen molar-refractivity contribution in [3.8, 4) is 0 Å². The van der Waals surface area contributed by atoms with Crippen molar-refractivity contribution in [1.82, 2.24) is 0 Å². The van der Waals surface area contributed by atoms with E-state index in [1.165, 1.54) is 14.0 Å². The van der Waals surface area contributed by atoms with Crippen molar-refractivity contribution in [2.75, 3.05) is 18.6 Å². The predicted molar refractivity (Wildman–Crippen MR) is 88.7 cm³/mol. The molecule has 0 unspecified atom stereocenters. The maximum absolute atomic E-state index is 12.2. The van der Waals surface area contributed by atoms with E-state index in [1.54, 1.807) is 0 Å². The first-order valence-corrected chi connectivity index (χ1v) is 9.86. The summed E-state index contributed by atoms with van der Waals surface area (Å²) in [5.74, 6) is 2.53. The normalized spacial score (nSPS) is 42.4. The van der Waals surface area contributed by atoms with Crippen LogP contribution in [0.25, 0.3) is 0 Å². The van der Waals surface area contributed by atoms with E-state index in [1.807, 2.05) is 23.5 Å². The predicted octanol–water partition coefficient (Wildman–Crippen LogP) is 2.95. The Labute approximate surface area is 140 Å². The van der Waals surface area contributed by atoms with E-state index in [2.05, 4.69) is 13.8 Å². The third-order valence-corrected chi connectivity index (χ3v) is 10.2. The molecule has 1 heterocycles. The van der Waals surface area contributed by atoms with Crippen LogP contribution in [0.5, 0.6) is 0 Å². The fourth-order valence-corrected chi connectivity index (χ4v) is 9.01. The molecule has 1 aliphatic heterocycles. The second-order valence-corrected chi connectivity index (χ2v) is 9.84. The van der Waals surface area contributed by atoms with Crippen molar-refractivity contribution in [1.29, 1.82) is 0 Å². The van der Waals surface area contributed by atoms with Crippen LogP contribution in [-0.2, 0) is 19.1 Å². The molecule has 0 aromatic heterocycles. The number of carbonyl (C=O) groups is 2. The number of carbonyl (C=O) groups excluding carboxylic acids is 2. The average molecular weight is 344 g/mol. The number of hydrogen-bond donors (Lipinski definition) is 0. The SMILES string of the molecule is COC(=O)[C@@H]1C[C@@]2(C)[C@H](OC(C)=O)C[C@@H]1[C@H](C)C21SCCS1. The van der Waals surface area contributed by atoms with Gasteiger partial charge in [-0.15, -0.1) is 23.5 Å². The zero-order chi connectivity index (χ0) is 16.1. The lowest BCUT2D eigenvalue weighted by atomic mass is 9.51. The molecule has 4 fully saturated rings. The molecule has 0 aromatic rings. The van der Waals surface area contributed by atoms with E-state index >= 15 is 0 Å². The molecular weight excluding hydrogens is 320 g/mol. The lowest BCUT2D eigenvalue weighted by Crippen LogP contribution is -2.66. The Morgan fingerprint density at radius 2 is 1.86 bits per heavy atom. The fraction of sp³-hybridized carbons (Fsp3) is 0.875. The lowest BCUT2D eigenvalue weighted by molar-refractivity contribution is -0.184. The monoisotopic (exact) mass is 344 g/mol. The lowest BCUT2D eigenvalue weighted by Gasteiger charge is -2.64. The van der Waals surface area contributed by atoms with Gasteiger partial charge in [-0.2, -0.15) is 0 Å². The highest BCUT2D eigenvalue weighted by atomic mass is 32.2. The van der Waals surface area contributed by atoms with Gasteiger partial charge in [-0.25, -0.2) is 0 Å². The Bertz CT molecular complexity index is 489. The second kappa shape index (κ2) is 5.62. The number of thioether (sulfide) groups is 2. The van der Waals surface area contributed by atoms with Gasteiger partial charge in [0, 0.05) is 23.8 Å². The Hall–Kier alpha value is -0.360. The van der Waals surface area contributed by atoms with Crippen LogP contribution < -0.4 is 0 Å². The van der Waals surface area contributed by atoms with Crippen molar-refractivity contribution in [2.45, 2.75) is 43.8 Å². The molecule has 0 amide bonds. The van der Waals surface area contributed by atoms with Gasteiger partial charge < -0.3 is 9.47 Å². The van der Waals surface area contributed by atoms with Crippen molar-refractivity contribution < 1.29 is 19.1 Å². The van der Waals surface area contributed by atoms with Gasteiger partial charge in [0.2, 0.25) is 0 Å². The molecule has 22 heavy (non-hydrogen) atoms. The van der Waals surface area contributed by atoms with Gasteiger partial charge in [-0.1, -0.05) is 13.8 Å². The molecule has 6 heteroatoms. The zero-order valence-corrected chi connectivity index (χ0v) is 15.2. The Balaban J connectivity index is 2.00. The molecule has 3 aliphatic carbocycles. The van der Waals surface area contributed by atoms with Gasteiger partial charge in [-0.05, 0) is 24.7 Å². The highest BCUT2D eigenvalue weighted by Crippen LogP contribution is 2.72. The molecule has 4 rings (SSSR count). The summed E-state index contributed by atoms with van der Waals surface area (Å²) >= 11 is 4.01. The third-order valence-electron chi connectivity index (χ3n) is 5.92. The molecule has 4 nitrogen and oxygen atoms in total. The standard InChI is InChI=1S/C16H24O4S2/c1-9-11-7-13(20-10(2)17)15(3,8-12(11)14(18)19-4)16(9)21-5-6-22-16/h9,11-13H,5-8H2,1-4H3/t9-,11+,12+,13+,15-/m0/s1. The van der Waals surface area contributed by atoms with Gasteiger partial charge in [0.25, 0.3) is 0 Å². The summed E-state index contributed by atoms with van der Waals surface area (Å²) in [6, 6.07) is 0. The van der Waals surface area contributed by atoms with Gasteiger partial charge in [0.1, 0.15) is 6.10 Å². The van der Waals surface area contributed by atoms with E-state index in [9.17, 15) is 9.59 Å². The number of fused-ring (bicyclic) bond motifs is 2. The minimum Gasteiger partial charge on any atom is -0.469 e. The number of rotatable bonds is 2. The molecule has 124 valence electrons. The van der Waals surface area contributed by atoms with Gasteiger partial charge in [-0.3, -0.25) is 9.59 Å². The van der Waals surface area contributed by atoms with Gasteiger partial charge in [0.15, 0.2) is 0 Å². The largest absolute Gasteiger partial charge is 0.469 e. The number of methoxy groups -OCH3 is 1. The van der Waals surface area contributed by atoms with Crippen LogP contribution in [0.15, 0.2) is 0 Å². The van der Waals surface area contributed by atoms with Crippen LogP contribution >= 0.6 is 23.5 Å². The summed E-state index contributed by atoms with van der Waals surface area (Å²) in [6.45, 7) is 5.97. The molecule has 2 bridgehead atoms. The first kappa shape index (κ1) is 16.5. The highest BCUT2D eigenvalue weighted by Gasteiger charge is 2.70. The molecule has 3 saturated carbocycles. The summed E-state index contributed by atoms with van der Waals surface area (Å²) in [4.78, 5) is 23.8. The van der Waals surface area contributed by atoms with E-state index in [4.69, 9.17) is 9.47 Å². The van der Waals surface area contributed by atoms with Crippen LogP contribution in [0.4, 0.5) is 0 Å². The maximum atomic E-state index is 12.2. The average Bonchev–Trinajstić information content (AvgIpc) is 2.96. The first-order chi connectivity index (χ1) is 10.4. The van der Waals surface area contributed by atoms with Crippen LogP contribution in [0, 0.1) is 23.2 Å². The zero-order valence-electron chi connectivity index (χ0n) is 13.6. The van der Waals surface area contributed by atoms with E-state index in [0.29, 0.717) is 5.92 Å². The topological polar surface area (TPSA) is 52.6 Å². The van der Waals surface area contributed by atoms with Crippen molar-refractivity contribution in [3.05, 3.63) is 0 Å². The Morgan fingerprint density at radius 3 is 2.41 bits per heavy atom. The van der Waals surface area contributed by atoms with Gasteiger partial charge >= 0.3 is 11.9 Å². The molecule has 1 saturated heterocycles. The number of hydrogen-bond acceptors (Lipinski definition) is 6. The molecule has 5 atom stereocenters. The quantitative estimate of drug-likeness (QED) is 0.718. The van der Waals surface area contributed by atoms with E-state index in [-0.39, 0.29) is 39.4 Å². The van der Waals surface area contributed by atoms with Crippen LogP contribution in [0.2, 0.25) is 0 Å². The number of esters is 2. The summed E-state index contributed by atoms with van der Waals surface area (Å²) < 4.78 is 10.8. The molecule has 4 aliphatic rings. The highest BCUT2D eigenvalue weighted by molar-refractivity contribution is 8.21. The molecule has 0 radical (unpaired) electrons. The van der Waals surface area contributed by atoms with Crippen molar-refractivity contribution in [2.24, 2.45) is 23.2 Å². The summed E-state index contributed by atoms with van der Waals surface area (Å²) in [5, 5.41) is 0. The maximum Gasteiger partial charge on any atom is 0.308 e. The summed E-state index contributed by atoms with van der Waals surface area (Å²) in [6.07, 6.45) is 1.44. The molecular formula is C16H24O4S2. The summed E-state index contributed by atoms with van der Waals surface area (Å²) in [5.41, 5.74) is -0.183. The Kier molecular flexibility index (Phi) is 4.21. The van der Waals surface area contributed by atoms with Crippen LogP contribution in [0.3, 0.4) is 0 Å². The van der Waals surface area contributed by atoms with Crippen molar-refractivity contribution >= 4 is 35.5 Å². The van der Waals surface area contributed by atoms with E-state index in [0.717, 1.165) is 24.3 Å². The minimum absolute atomic E-state index is 0.0561. The number of ether oxygens (including phenoxy) is 2. The van der Waals surface area contributed by atoms with Crippen LogP contribution in [0.1, 0.15) is 33.6 Å². The summed E-state index contributed by atoms with van der Waals surface area (Å²) in [7, 11) is 1.47. The minimum atomic E-state index is -0.218. The van der Waals surface area contributed by atoms with Crippen molar-refractivity contribution in [3.63, 3.8) is 0 Å². The van der Waals surface area contributed by atoms with Crippen LogP contribution in [-0.4, -0.2) is 40.7 Å².